The van der Waals surface area contributed by atoms with Gasteiger partial charge in [-0.25, -0.2) is 10.8 Å². The van der Waals surface area contributed by atoms with Crippen LogP contribution in [0.25, 0.3) is 5.95 Å². The lowest BCUT2D eigenvalue weighted by Gasteiger charge is -2.14. The maximum absolute atomic E-state index is 5.41. The van der Waals surface area contributed by atoms with Gasteiger partial charge in [-0.05, 0) is 19.3 Å². The normalized spacial score (nSPS) is 15.9. The Morgan fingerprint density at radius 1 is 1.35 bits per heavy atom. The maximum Gasteiger partial charge on any atom is 0.243 e. The number of nitrogens with two attached hydrogens (primary N) is 1. The van der Waals surface area contributed by atoms with E-state index in [-0.39, 0.29) is 0 Å². The second-order valence-electron chi connectivity index (χ2n) is 5.12. The van der Waals surface area contributed by atoms with Crippen molar-refractivity contribution < 1.29 is 0 Å². The van der Waals surface area contributed by atoms with Gasteiger partial charge in [-0.2, -0.15) is 15.0 Å². The minimum Gasteiger partial charge on any atom is -0.352 e. The molecule has 8 heteroatoms. The number of anilines is 2. The minimum atomic E-state index is 0.324. The van der Waals surface area contributed by atoms with Crippen molar-refractivity contribution in [1.29, 1.82) is 0 Å². The molecule has 1 unspecified atom stereocenters. The van der Waals surface area contributed by atoms with Gasteiger partial charge in [0.15, 0.2) is 0 Å². The van der Waals surface area contributed by atoms with Gasteiger partial charge in [-0.3, -0.25) is 9.99 Å². The molecule has 1 atom stereocenters. The molecule has 1 aliphatic rings. The van der Waals surface area contributed by atoms with Gasteiger partial charge in [-0.15, -0.1) is 0 Å². The van der Waals surface area contributed by atoms with E-state index in [1.807, 2.05) is 0 Å². The molecule has 8 nitrogen and oxygen atoms in total. The molecule has 0 aromatic carbocycles. The fraction of sp³-hybridized carbons (Fsp3) is 0.500. The van der Waals surface area contributed by atoms with Crippen LogP contribution in [0.5, 0.6) is 0 Å². The van der Waals surface area contributed by atoms with Gasteiger partial charge in [-0.1, -0.05) is 12.8 Å². The molecule has 2 aromatic heterocycles. The first kappa shape index (κ1) is 12.8. The Morgan fingerprint density at radius 3 is 2.80 bits per heavy atom. The third kappa shape index (κ3) is 3.02. The summed E-state index contributed by atoms with van der Waals surface area (Å²) in [6, 6.07) is 0.325. The van der Waals surface area contributed by atoms with Gasteiger partial charge in [0, 0.05) is 18.4 Å². The zero-order valence-electron chi connectivity index (χ0n) is 11.3. The molecule has 0 aliphatic heterocycles. The van der Waals surface area contributed by atoms with Crippen molar-refractivity contribution in [2.24, 2.45) is 11.8 Å². The van der Waals surface area contributed by atoms with E-state index in [0.717, 1.165) is 12.3 Å². The molecule has 2 heterocycles. The molecule has 0 amide bonds. The molecule has 0 radical (unpaired) electrons. The van der Waals surface area contributed by atoms with Crippen molar-refractivity contribution in [3.63, 3.8) is 0 Å². The summed E-state index contributed by atoms with van der Waals surface area (Å²) in [7, 11) is 0. The van der Waals surface area contributed by atoms with Gasteiger partial charge in [0.1, 0.15) is 6.33 Å². The summed E-state index contributed by atoms with van der Waals surface area (Å²) in [6.07, 6.45) is 8.87. The number of nitrogen functional groups attached to an aromatic ring is 1. The number of hydrogen-bond acceptors (Lipinski definition) is 7. The molecule has 0 saturated heterocycles. The smallest absolute Gasteiger partial charge is 0.243 e. The summed E-state index contributed by atoms with van der Waals surface area (Å²) in [5.41, 5.74) is 2.46. The van der Waals surface area contributed by atoms with E-state index in [0.29, 0.717) is 23.9 Å². The van der Waals surface area contributed by atoms with Crippen LogP contribution in [0.3, 0.4) is 0 Å². The molecule has 106 valence electrons. The second-order valence-corrected chi connectivity index (χ2v) is 5.12. The van der Waals surface area contributed by atoms with Crippen molar-refractivity contribution in [2.75, 3.05) is 10.7 Å². The van der Waals surface area contributed by atoms with Crippen LogP contribution in [0.1, 0.15) is 26.2 Å². The molecule has 0 bridgehead atoms. The summed E-state index contributed by atoms with van der Waals surface area (Å²) < 4.78 is 1.71. The average molecular weight is 274 g/mol. The van der Waals surface area contributed by atoms with E-state index in [9.17, 15) is 0 Å². The van der Waals surface area contributed by atoms with Crippen LogP contribution in [0.2, 0.25) is 0 Å². The van der Waals surface area contributed by atoms with Crippen molar-refractivity contribution in [2.45, 2.75) is 32.2 Å². The molecule has 3 rings (SSSR count). The van der Waals surface area contributed by atoms with Gasteiger partial charge >= 0.3 is 0 Å². The van der Waals surface area contributed by atoms with E-state index in [1.165, 1.54) is 12.8 Å². The summed E-state index contributed by atoms with van der Waals surface area (Å²) in [5.74, 6) is 7.57. The van der Waals surface area contributed by atoms with Crippen LogP contribution in [0, 0.1) is 5.92 Å². The largest absolute Gasteiger partial charge is 0.352 e. The molecule has 1 fully saturated rings. The van der Waals surface area contributed by atoms with Gasteiger partial charge in [0.2, 0.25) is 17.8 Å². The molecule has 1 saturated carbocycles. The third-order valence-electron chi connectivity index (χ3n) is 3.25. The van der Waals surface area contributed by atoms with E-state index >= 15 is 0 Å². The number of hydrazine groups is 1. The fourth-order valence-corrected chi connectivity index (χ4v) is 2.12. The highest BCUT2D eigenvalue weighted by molar-refractivity contribution is 5.37. The highest BCUT2D eigenvalue weighted by atomic mass is 15.4. The quantitative estimate of drug-likeness (QED) is 0.531. The van der Waals surface area contributed by atoms with Crippen LogP contribution in [0.15, 0.2) is 18.7 Å². The van der Waals surface area contributed by atoms with E-state index in [2.05, 4.69) is 37.6 Å². The Balaban J connectivity index is 1.80. The number of nitrogens with one attached hydrogen (secondary N) is 2. The predicted octanol–water partition coefficient (Wildman–Crippen LogP) is 0.943. The molecule has 20 heavy (non-hydrogen) atoms. The Hall–Kier alpha value is -2.22. The van der Waals surface area contributed by atoms with Gasteiger partial charge < -0.3 is 5.32 Å². The predicted molar refractivity (Wildman–Crippen MR) is 75.2 cm³/mol. The summed E-state index contributed by atoms with van der Waals surface area (Å²) in [6.45, 7) is 2.13. The lowest BCUT2D eigenvalue weighted by atomic mass is 10.2. The number of rotatable bonds is 6. The number of aromatic nitrogens is 5. The van der Waals surface area contributed by atoms with Crippen LogP contribution in [-0.4, -0.2) is 30.5 Å². The molecule has 4 N–H and O–H groups in total. The van der Waals surface area contributed by atoms with E-state index < -0.39 is 0 Å². The second kappa shape index (κ2) is 5.41. The van der Waals surface area contributed by atoms with Gasteiger partial charge in [0.25, 0.3) is 0 Å². The maximum atomic E-state index is 5.41. The molecular formula is C12H18N8. The average Bonchev–Trinajstić information content (AvgIpc) is 3.08. The first-order valence-corrected chi connectivity index (χ1v) is 6.72. The molecule has 0 spiro atoms. The van der Waals surface area contributed by atoms with Crippen LogP contribution in [-0.2, 0) is 0 Å². The molecule has 1 aliphatic carbocycles. The van der Waals surface area contributed by atoms with Crippen LogP contribution in [0.4, 0.5) is 11.9 Å². The minimum absolute atomic E-state index is 0.324. The Kier molecular flexibility index (Phi) is 3.46. The fourth-order valence-electron chi connectivity index (χ4n) is 2.12. The lowest BCUT2D eigenvalue weighted by Crippen LogP contribution is -2.20. The van der Waals surface area contributed by atoms with Crippen molar-refractivity contribution in [1.82, 2.24) is 24.5 Å². The third-order valence-corrected chi connectivity index (χ3v) is 3.25. The Morgan fingerprint density at radius 2 is 2.15 bits per heavy atom. The zero-order chi connectivity index (χ0) is 13.9. The standard InChI is InChI=1S/C12H18N8/c1-8(6-9-2-3-9)15-10-16-11(19-13)18-12(17-10)20-5-4-14-7-20/h4-5,7-9H,2-3,6,13H2,1H3,(H2,15,16,17,18,19). The van der Waals surface area contributed by atoms with Crippen molar-refractivity contribution in [3.8, 4) is 5.95 Å². The summed E-state index contributed by atoms with van der Waals surface area (Å²) >= 11 is 0. The highest BCUT2D eigenvalue weighted by Crippen LogP contribution is 2.33. The number of imidazole rings is 1. The molecule has 2 aromatic rings. The number of nitrogens with zero attached hydrogens (tertiary/aromatic N) is 5. The Bertz CT molecular complexity index is 563. The zero-order valence-corrected chi connectivity index (χ0v) is 11.3. The van der Waals surface area contributed by atoms with E-state index in [4.69, 9.17) is 5.84 Å². The first-order valence-electron chi connectivity index (χ1n) is 6.72. The highest BCUT2D eigenvalue weighted by Gasteiger charge is 2.24. The monoisotopic (exact) mass is 274 g/mol. The van der Waals surface area contributed by atoms with Gasteiger partial charge in [0.05, 0.1) is 0 Å². The van der Waals surface area contributed by atoms with Crippen molar-refractivity contribution in [3.05, 3.63) is 18.7 Å². The first-order chi connectivity index (χ1) is 9.74. The lowest BCUT2D eigenvalue weighted by molar-refractivity contribution is 0.636. The van der Waals surface area contributed by atoms with Crippen molar-refractivity contribution >= 4 is 11.9 Å². The van der Waals surface area contributed by atoms with Crippen LogP contribution < -0.4 is 16.6 Å². The summed E-state index contributed by atoms with van der Waals surface area (Å²) in [4.78, 5) is 16.8. The Labute approximate surface area is 116 Å². The number of hydrogen-bond donors (Lipinski definition) is 3. The van der Waals surface area contributed by atoms with E-state index in [1.54, 1.807) is 23.3 Å². The summed E-state index contributed by atoms with van der Waals surface area (Å²) in [5, 5.41) is 3.30. The van der Waals surface area contributed by atoms with Crippen LogP contribution >= 0.6 is 0 Å². The topological polar surface area (TPSA) is 107 Å². The molecular weight excluding hydrogens is 256 g/mol. The SMILES string of the molecule is CC(CC1CC1)Nc1nc(NN)nc(-n2ccnc2)n1.